The van der Waals surface area contributed by atoms with Gasteiger partial charge in [0.1, 0.15) is 6.10 Å². The number of aliphatic hydroxyl groups is 1. The molecule has 2 rings (SSSR count). The third kappa shape index (κ3) is 2.73. The molecular weight excluding hydrogens is 259 g/mol. The Bertz CT molecular complexity index is 468. The molecule has 0 aliphatic carbocycles. The second-order valence-corrected chi connectivity index (χ2v) is 4.39. The smallest absolute Gasteiger partial charge is 0.396 e. The lowest BCUT2D eigenvalue weighted by Gasteiger charge is -2.15. The van der Waals surface area contributed by atoms with Crippen LogP contribution in [0.5, 0.6) is 0 Å². The summed E-state index contributed by atoms with van der Waals surface area (Å²) in [4.78, 5) is 5.18. The molecule has 0 spiro atoms. The van der Waals surface area contributed by atoms with Crippen LogP contribution in [0.1, 0.15) is 24.5 Å². The first-order chi connectivity index (χ1) is 8.97. The van der Waals surface area contributed by atoms with Gasteiger partial charge in [0.2, 0.25) is 0 Å². The fraction of sp³-hybridized carbons (Fsp3) is 0.462. The van der Waals surface area contributed by atoms with Gasteiger partial charge < -0.3 is 9.94 Å². The second-order valence-electron chi connectivity index (χ2n) is 4.39. The summed E-state index contributed by atoms with van der Waals surface area (Å²) in [7, 11) is 0. The Hall–Kier alpha value is -1.56. The maximum Gasteiger partial charge on any atom is 0.416 e. The predicted molar refractivity (Wildman–Crippen MR) is 63.7 cm³/mol. The van der Waals surface area contributed by atoms with Crippen molar-refractivity contribution in [1.29, 1.82) is 0 Å². The minimum Gasteiger partial charge on any atom is -0.396 e. The van der Waals surface area contributed by atoms with Gasteiger partial charge in [-0.15, -0.1) is 0 Å². The Morgan fingerprint density at radius 2 is 1.89 bits per heavy atom. The van der Waals surface area contributed by atoms with Gasteiger partial charge in [0.15, 0.2) is 0 Å². The highest BCUT2D eigenvalue weighted by atomic mass is 19.4. The number of hydrogen-bond donors (Lipinski definition) is 1. The molecule has 1 heterocycles. The Labute approximate surface area is 108 Å². The van der Waals surface area contributed by atoms with Gasteiger partial charge in [0.25, 0.3) is 0 Å². The van der Waals surface area contributed by atoms with Gasteiger partial charge in [-0.25, -0.2) is 0 Å². The maximum absolute atomic E-state index is 12.5. The van der Waals surface area contributed by atoms with Crippen LogP contribution in [0.2, 0.25) is 0 Å². The predicted octanol–water partition coefficient (Wildman–Crippen LogP) is 2.83. The molecular formula is C13H14F3NO2. The SMILES string of the molecule is CC[C@@H]1ON=C(c2ccc(C(F)(F)F)cc2)[C@@H]1CO. The van der Waals surface area contributed by atoms with E-state index in [1.807, 2.05) is 6.92 Å². The zero-order valence-electron chi connectivity index (χ0n) is 10.3. The lowest BCUT2D eigenvalue weighted by atomic mass is 9.91. The molecule has 0 fully saturated rings. The van der Waals surface area contributed by atoms with Gasteiger partial charge in [0.05, 0.1) is 23.8 Å². The zero-order chi connectivity index (χ0) is 14.0. The first-order valence-corrected chi connectivity index (χ1v) is 5.99. The third-order valence-electron chi connectivity index (χ3n) is 3.19. The van der Waals surface area contributed by atoms with Gasteiger partial charge in [-0.05, 0) is 24.1 Å². The molecule has 1 N–H and O–H groups in total. The van der Waals surface area contributed by atoms with E-state index in [0.29, 0.717) is 17.7 Å². The van der Waals surface area contributed by atoms with Gasteiger partial charge in [0, 0.05) is 0 Å². The van der Waals surface area contributed by atoms with Crippen molar-refractivity contribution in [3.05, 3.63) is 35.4 Å². The number of oxime groups is 1. The molecule has 0 unspecified atom stereocenters. The van der Waals surface area contributed by atoms with Crippen LogP contribution in [0.4, 0.5) is 13.2 Å². The normalized spacial score (nSPS) is 23.1. The number of halogens is 3. The van der Waals surface area contributed by atoms with E-state index in [2.05, 4.69) is 5.16 Å². The van der Waals surface area contributed by atoms with Crippen LogP contribution >= 0.6 is 0 Å². The Balaban J connectivity index is 2.24. The molecule has 1 aromatic carbocycles. The van der Waals surface area contributed by atoms with Crippen molar-refractivity contribution in [3.8, 4) is 0 Å². The summed E-state index contributed by atoms with van der Waals surface area (Å²) >= 11 is 0. The summed E-state index contributed by atoms with van der Waals surface area (Å²) in [5, 5.41) is 13.2. The van der Waals surface area contributed by atoms with Crippen molar-refractivity contribution in [2.45, 2.75) is 25.6 Å². The quantitative estimate of drug-likeness (QED) is 0.920. The average Bonchev–Trinajstić information content (AvgIpc) is 2.80. The molecule has 0 aromatic heterocycles. The fourth-order valence-corrected chi connectivity index (χ4v) is 2.10. The van der Waals surface area contributed by atoms with E-state index in [4.69, 9.17) is 4.84 Å². The van der Waals surface area contributed by atoms with E-state index >= 15 is 0 Å². The lowest BCUT2D eigenvalue weighted by molar-refractivity contribution is -0.137. The highest BCUT2D eigenvalue weighted by Gasteiger charge is 2.34. The van der Waals surface area contributed by atoms with E-state index in [0.717, 1.165) is 12.1 Å². The van der Waals surface area contributed by atoms with E-state index in [1.165, 1.54) is 12.1 Å². The molecule has 6 heteroatoms. The van der Waals surface area contributed by atoms with Crippen molar-refractivity contribution >= 4 is 5.71 Å². The molecule has 1 aromatic rings. The zero-order valence-corrected chi connectivity index (χ0v) is 10.3. The maximum atomic E-state index is 12.5. The second kappa shape index (κ2) is 5.21. The van der Waals surface area contributed by atoms with Crippen molar-refractivity contribution in [2.24, 2.45) is 11.1 Å². The Kier molecular flexibility index (Phi) is 3.80. The summed E-state index contributed by atoms with van der Waals surface area (Å²) in [6.45, 7) is 1.76. The van der Waals surface area contributed by atoms with Crippen LogP contribution in [-0.4, -0.2) is 23.5 Å². The minimum absolute atomic E-state index is 0.141. The van der Waals surface area contributed by atoms with Crippen LogP contribution in [0.3, 0.4) is 0 Å². The van der Waals surface area contributed by atoms with E-state index in [-0.39, 0.29) is 18.6 Å². The molecule has 104 valence electrons. The summed E-state index contributed by atoms with van der Waals surface area (Å²) in [6, 6.07) is 4.72. The Morgan fingerprint density at radius 3 is 2.37 bits per heavy atom. The van der Waals surface area contributed by atoms with E-state index in [9.17, 15) is 18.3 Å². The van der Waals surface area contributed by atoms with E-state index < -0.39 is 11.7 Å². The monoisotopic (exact) mass is 273 g/mol. The molecule has 0 saturated heterocycles. The molecule has 0 amide bonds. The van der Waals surface area contributed by atoms with Gasteiger partial charge in [-0.3, -0.25) is 0 Å². The highest BCUT2D eigenvalue weighted by molar-refractivity contribution is 6.03. The summed E-state index contributed by atoms with van der Waals surface area (Å²) < 4.78 is 37.4. The molecule has 0 radical (unpaired) electrons. The highest BCUT2D eigenvalue weighted by Crippen LogP contribution is 2.30. The van der Waals surface area contributed by atoms with Crippen LogP contribution in [0.15, 0.2) is 29.4 Å². The van der Waals surface area contributed by atoms with Crippen molar-refractivity contribution < 1.29 is 23.1 Å². The number of rotatable bonds is 3. The molecule has 1 aliphatic rings. The average molecular weight is 273 g/mol. The largest absolute Gasteiger partial charge is 0.416 e. The van der Waals surface area contributed by atoms with Crippen molar-refractivity contribution in [2.75, 3.05) is 6.61 Å². The number of nitrogens with zero attached hydrogens (tertiary/aromatic N) is 1. The molecule has 0 bridgehead atoms. The fourth-order valence-electron chi connectivity index (χ4n) is 2.10. The van der Waals surface area contributed by atoms with E-state index in [1.54, 1.807) is 0 Å². The summed E-state index contributed by atoms with van der Waals surface area (Å²) in [5.74, 6) is -0.290. The molecule has 0 saturated carbocycles. The van der Waals surface area contributed by atoms with Crippen LogP contribution < -0.4 is 0 Å². The lowest BCUT2D eigenvalue weighted by Crippen LogP contribution is -2.26. The number of alkyl halides is 3. The molecule has 3 nitrogen and oxygen atoms in total. The first-order valence-electron chi connectivity index (χ1n) is 5.99. The minimum atomic E-state index is -4.35. The van der Waals surface area contributed by atoms with Gasteiger partial charge in [-0.1, -0.05) is 24.2 Å². The van der Waals surface area contributed by atoms with Crippen LogP contribution in [-0.2, 0) is 11.0 Å². The first kappa shape index (κ1) is 13.9. The Morgan fingerprint density at radius 1 is 1.26 bits per heavy atom. The number of aliphatic hydroxyl groups excluding tert-OH is 1. The standard InChI is InChI=1S/C13H14F3NO2/c1-2-11-10(7-18)12(17-19-11)8-3-5-9(6-4-8)13(14,15)16/h3-6,10-11,18H,2,7H2,1H3/t10-,11+/m1/s1. The topological polar surface area (TPSA) is 41.8 Å². The van der Waals surface area contributed by atoms with Crippen LogP contribution in [0, 0.1) is 5.92 Å². The molecule has 2 atom stereocenters. The summed E-state index contributed by atoms with van der Waals surface area (Å²) in [6.07, 6.45) is -3.89. The van der Waals surface area contributed by atoms with Crippen LogP contribution in [0.25, 0.3) is 0 Å². The molecule has 19 heavy (non-hydrogen) atoms. The number of benzene rings is 1. The third-order valence-corrected chi connectivity index (χ3v) is 3.19. The van der Waals surface area contributed by atoms with Gasteiger partial charge >= 0.3 is 6.18 Å². The van der Waals surface area contributed by atoms with Gasteiger partial charge in [-0.2, -0.15) is 13.2 Å². The number of hydrogen-bond acceptors (Lipinski definition) is 3. The molecule has 1 aliphatic heterocycles. The van der Waals surface area contributed by atoms with Crippen molar-refractivity contribution in [1.82, 2.24) is 0 Å². The summed E-state index contributed by atoms with van der Waals surface area (Å²) in [5.41, 5.74) is 0.342. The van der Waals surface area contributed by atoms with Crippen molar-refractivity contribution in [3.63, 3.8) is 0 Å².